The third-order valence-electron chi connectivity index (χ3n) is 5.56. The third-order valence-corrected chi connectivity index (χ3v) is 5.56. The molecule has 1 saturated carbocycles. The maximum absolute atomic E-state index is 12.9. The summed E-state index contributed by atoms with van der Waals surface area (Å²) >= 11 is 0. The summed E-state index contributed by atoms with van der Waals surface area (Å²) in [5.41, 5.74) is 1.48. The number of hydrogen-bond donors (Lipinski definition) is 1. The van der Waals surface area contributed by atoms with Crippen molar-refractivity contribution < 1.29 is 19.0 Å². The number of carbonyl (C=O) groups is 1. The number of methoxy groups -OCH3 is 1. The summed E-state index contributed by atoms with van der Waals surface area (Å²) in [6, 6.07) is 13.0. The van der Waals surface area contributed by atoms with Crippen molar-refractivity contribution in [2.75, 3.05) is 34.4 Å². The van der Waals surface area contributed by atoms with Crippen LogP contribution in [-0.2, 0) is 0 Å². The van der Waals surface area contributed by atoms with Crippen molar-refractivity contribution in [3.63, 3.8) is 0 Å². The van der Waals surface area contributed by atoms with Crippen molar-refractivity contribution in [1.29, 1.82) is 0 Å². The lowest BCUT2D eigenvalue weighted by Crippen LogP contribution is -2.27. The predicted octanol–water partition coefficient (Wildman–Crippen LogP) is 4.45. The summed E-state index contributed by atoms with van der Waals surface area (Å²) in [5, 5.41) is 3.07. The van der Waals surface area contributed by atoms with Crippen molar-refractivity contribution in [2.45, 2.75) is 44.8 Å². The van der Waals surface area contributed by atoms with Crippen LogP contribution in [0, 0.1) is 0 Å². The lowest BCUT2D eigenvalue weighted by molar-refractivity contribution is 0.0935. The van der Waals surface area contributed by atoms with Crippen molar-refractivity contribution in [1.82, 2.24) is 10.2 Å². The number of nitrogens with zero attached hydrogens (tertiary/aromatic N) is 1. The normalized spacial score (nSPS) is 15.0. The van der Waals surface area contributed by atoms with E-state index < -0.39 is 0 Å². The fourth-order valence-corrected chi connectivity index (χ4v) is 3.71. The Hall–Kier alpha value is -2.73. The first-order valence-electron chi connectivity index (χ1n) is 11.0. The number of hydrogen-bond acceptors (Lipinski definition) is 5. The lowest BCUT2D eigenvalue weighted by Gasteiger charge is -2.20. The minimum Gasteiger partial charge on any atom is -0.493 e. The summed E-state index contributed by atoms with van der Waals surface area (Å²) in [5.74, 6) is 1.87. The van der Waals surface area contributed by atoms with Crippen LogP contribution in [0.5, 0.6) is 17.2 Å². The van der Waals surface area contributed by atoms with Gasteiger partial charge in [-0.3, -0.25) is 4.79 Å². The van der Waals surface area contributed by atoms with Crippen LogP contribution in [0.2, 0.25) is 0 Å². The third kappa shape index (κ3) is 6.37. The largest absolute Gasteiger partial charge is 0.493 e. The van der Waals surface area contributed by atoms with Gasteiger partial charge in [0.25, 0.3) is 5.91 Å². The maximum Gasteiger partial charge on any atom is 0.255 e. The van der Waals surface area contributed by atoms with Crippen LogP contribution < -0.4 is 19.5 Å². The van der Waals surface area contributed by atoms with Gasteiger partial charge in [0.05, 0.1) is 24.8 Å². The SMILES string of the molecule is COc1cc(C(C)NC(=O)c2ccccc2OCCN(C)C)ccc1OC1CCCC1. The van der Waals surface area contributed by atoms with Crippen LogP contribution in [0.1, 0.15) is 54.6 Å². The molecule has 0 heterocycles. The summed E-state index contributed by atoms with van der Waals surface area (Å²) in [7, 11) is 5.62. The number of benzene rings is 2. The molecular weight excluding hydrogens is 392 g/mol. The highest BCUT2D eigenvalue weighted by molar-refractivity contribution is 5.97. The molecule has 2 aromatic rings. The van der Waals surface area contributed by atoms with Gasteiger partial charge >= 0.3 is 0 Å². The first kappa shape index (κ1) is 22.9. The van der Waals surface area contributed by atoms with Crippen LogP contribution in [0.3, 0.4) is 0 Å². The molecule has 0 radical (unpaired) electrons. The molecule has 1 N–H and O–H groups in total. The minimum absolute atomic E-state index is 0.168. The molecule has 2 aromatic carbocycles. The molecule has 31 heavy (non-hydrogen) atoms. The molecule has 6 heteroatoms. The van der Waals surface area contributed by atoms with Gasteiger partial charge in [-0.15, -0.1) is 0 Å². The van der Waals surface area contributed by atoms with Gasteiger partial charge in [0, 0.05) is 6.54 Å². The van der Waals surface area contributed by atoms with Crippen LogP contribution in [0.15, 0.2) is 42.5 Å². The Morgan fingerprint density at radius 2 is 1.84 bits per heavy atom. The molecule has 0 aromatic heterocycles. The van der Waals surface area contributed by atoms with Gasteiger partial charge in [-0.25, -0.2) is 0 Å². The summed E-state index contributed by atoms with van der Waals surface area (Å²) in [4.78, 5) is 15.0. The van der Waals surface area contributed by atoms with Crippen molar-refractivity contribution >= 4 is 5.91 Å². The molecule has 1 fully saturated rings. The molecule has 1 aliphatic carbocycles. The molecule has 3 rings (SSSR count). The molecule has 1 atom stereocenters. The van der Waals surface area contributed by atoms with Gasteiger partial charge in [-0.2, -0.15) is 0 Å². The number of likely N-dealkylation sites (N-methyl/N-ethyl adjacent to an activating group) is 1. The molecule has 1 unspecified atom stereocenters. The predicted molar refractivity (Wildman–Crippen MR) is 122 cm³/mol. The standard InChI is InChI=1S/C25H34N2O4/c1-18(19-13-14-23(24(17-19)29-4)31-20-9-5-6-10-20)26-25(28)21-11-7-8-12-22(21)30-16-15-27(2)3/h7-8,11-14,17-18,20H,5-6,9-10,15-16H2,1-4H3,(H,26,28). The van der Waals surface area contributed by atoms with Crippen LogP contribution in [0.25, 0.3) is 0 Å². The highest BCUT2D eigenvalue weighted by atomic mass is 16.5. The molecule has 0 saturated heterocycles. The zero-order valence-corrected chi connectivity index (χ0v) is 19.0. The molecule has 0 aliphatic heterocycles. The molecule has 6 nitrogen and oxygen atoms in total. The second kappa shape index (κ2) is 11.0. The first-order valence-corrected chi connectivity index (χ1v) is 11.0. The number of para-hydroxylation sites is 1. The number of nitrogens with one attached hydrogen (secondary N) is 1. The topological polar surface area (TPSA) is 60.0 Å². The number of ether oxygens (including phenoxy) is 3. The zero-order chi connectivity index (χ0) is 22.2. The average Bonchev–Trinajstić information content (AvgIpc) is 3.27. The summed E-state index contributed by atoms with van der Waals surface area (Å²) in [6.45, 7) is 3.26. The van der Waals surface area contributed by atoms with E-state index in [0.29, 0.717) is 23.7 Å². The smallest absolute Gasteiger partial charge is 0.255 e. The highest BCUT2D eigenvalue weighted by Gasteiger charge is 2.20. The van der Waals surface area contributed by atoms with E-state index in [1.54, 1.807) is 13.2 Å². The first-order chi connectivity index (χ1) is 15.0. The van der Waals surface area contributed by atoms with Crippen molar-refractivity contribution in [3.05, 3.63) is 53.6 Å². The van der Waals surface area contributed by atoms with E-state index in [1.165, 1.54) is 12.8 Å². The zero-order valence-electron chi connectivity index (χ0n) is 19.0. The average molecular weight is 427 g/mol. The van der Waals surface area contributed by atoms with Crippen LogP contribution in [0.4, 0.5) is 0 Å². The van der Waals surface area contributed by atoms with Gasteiger partial charge in [0.2, 0.25) is 0 Å². The minimum atomic E-state index is -0.197. The van der Waals surface area contributed by atoms with Gasteiger partial charge in [-0.05, 0) is 76.5 Å². The van der Waals surface area contributed by atoms with Crippen LogP contribution in [-0.4, -0.2) is 51.3 Å². The van der Waals surface area contributed by atoms with E-state index in [1.807, 2.05) is 62.3 Å². The van der Waals surface area contributed by atoms with Gasteiger partial charge in [0.15, 0.2) is 11.5 Å². The molecule has 0 bridgehead atoms. The Bertz CT molecular complexity index is 862. The Morgan fingerprint density at radius 3 is 2.55 bits per heavy atom. The number of carbonyl (C=O) groups excluding carboxylic acids is 1. The Kier molecular flexibility index (Phi) is 8.18. The fourth-order valence-electron chi connectivity index (χ4n) is 3.71. The molecule has 1 amide bonds. The van der Waals surface area contributed by atoms with E-state index in [2.05, 4.69) is 5.32 Å². The van der Waals surface area contributed by atoms with E-state index in [0.717, 1.165) is 30.7 Å². The highest BCUT2D eigenvalue weighted by Crippen LogP contribution is 2.34. The number of amides is 1. The number of rotatable bonds is 10. The van der Waals surface area contributed by atoms with E-state index in [-0.39, 0.29) is 18.1 Å². The Labute approximate surface area is 185 Å². The summed E-state index contributed by atoms with van der Waals surface area (Å²) < 4.78 is 17.5. The van der Waals surface area contributed by atoms with Gasteiger partial charge in [0.1, 0.15) is 12.4 Å². The second-order valence-electron chi connectivity index (χ2n) is 8.28. The van der Waals surface area contributed by atoms with E-state index in [9.17, 15) is 4.79 Å². The van der Waals surface area contributed by atoms with E-state index in [4.69, 9.17) is 14.2 Å². The monoisotopic (exact) mass is 426 g/mol. The quantitative estimate of drug-likeness (QED) is 0.608. The van der Waals surface area contributed by atoms with Crippen molar-refractivity contribution in [2.24, 2.45) is 0 Å². The van der Waals surface area contributed by atoms with Crippen LogP contribution >= 0.6 is 0 Å². The molecular formula is C25H34N2O4. The molecule has 168 valence electrons. The fraction of sp³-hybridized carbons (Fsp3) is 0.480. The molecule has 0 spiro atoms. The van der Waals surface area contributed by atoms with Crippen molar-refractivity contribution in [3.8, 4) is 17.2 Å². The maximum atomic E-state index is 12.9. The summed E-state index contributed by atoms with van der Waals surface area (Å²) in [6.07, 6.45) is 4.88. The van der Waals surface area contributed by atoms with E-state index >= 15 is 0 Å². The molecule has 1 aliphatic rings. The lowest BCUT2D eigenvalue weighted by atomic mass is 10.1. The van der Waals surface area contributed by atoms with Gasteiger partial charge < -0.3 is 24.4 Å². The Balaban J connectivity index is 1.67. The Morgan fingerprint density at radius 1 is 1.10 bits per heavy atom. The second-order valence-corrected chi connectivity index (χ2v) is 8.28. The van der Waals surface area contributed by atoms with Gasteiger partial charge in [-0.1, -0.05) is 18.2 Å².